The van der Waals surface area contributed by atoms with E-state index in [9.17, 15) is 4.79 Å². The Bertz CT molecular complexity index is 768. The normalized spacial score (nSPS) is 16.0. The molecule has 3 rings (SSSR count). The molecule has 0 atom stereocenters. The number of carbonyl (C=O) groups excluding carboxylic acids is 1. The van der Waals surface area contributed by atoms with Crippen LogP contribution in [0.25, 0.3) is 0 Å². The molecule has 0 radical (unpaired) electrons. The molecular weight excluding hydrogens is 330 g/mol. The van der Waals surface area contributed by atoms with Crippen molar-refractivity contribution in [2.45, 2.75) is 0 Å². The van der Waals surface area contributed by atoms with Crippen LogP contribution in [0.3, 0.4) is 0 Å². The first-order valence-corrected chi connectivity index (χ1v) is 7.20. The summed E-state index contributed by atoms with van der Waals surface area (Å²) in [6.07, 6.45) is 1.63. The van der Waals surface area contributed by atoms with Gasteiger partial charge in [0.15, 0.2) is 5.71 Å². The molecule has 104 valence electrons. The van der Waals surface area contributed by atoms with Gasteiger partial charge < -0.3 is 4.90 Å². The Balaban J connectivity index is 1.92. The number of nitrogens with zero attached hydrogens (tertiary/aromatic N) is 3. The van der Waals surface area contributed by atoms with E-state index in [4.69, 9.17) is 0 Å². The van der Waals surface area contributed by atoms with Gasteiger partial charge in [-0.2, -0.15) is 5.10 Å². The molecule has 1 amide bonds. The third-order valence-corrected chi connectivity index (χ3v) is 3.73. The van der Waals surface area contributed by atoms with Gasteiger partial charge in [-0.25, -0.2) is 0 Å². The summed E-state index contributed by atoms with van der Waals surface area (Å²) >= 11 is 3.40. The fraction of sp³-hybridized carbons (Fsp3) is 0.0625. The van der Waals surface area contributed by atoms with Gasteiger partial charge in [-0.15, -0.1) is 5.10 Å². The standard InChI is InChI=1S/C16H12BrN3O/c1-20-14-8-3-2-7-13(14)15(16(20)21)19-18-10-11-5-4-6-12(17)9-11/h2-10H,1H3/b18-10-,19-15+. The summed E-state index contributed by atoms with van der Waals surface area (Å²) in [4.78, 5) is 13.8. The summed E-state index contributed by atoms with van der Waals surface area (Å²) in [6, 6.07) is 15.3. The third-order valence-electron chi connectivity index (χ3n) is 3.24. The molecule has 0 saturated carbocycles. The van der Waals surface area contributed by atoms with E-state index < -0.39 is 0 Å². The first kappa shape index (κ1) is 13.7. The van der Waals surface area contributed by atoms with E-state index in [0.29, 0.717) is 5.71 Å². The number of hydrogen-bond donors (Lipinski definition) is 0. The molecular formula is C16H12BrN3O. The van der Waals surface area contributed by atoms with Crippen LogP contribution in [0.2, 0.25) is 0 Å². The van der Waals surface area contributed by atoms with Gasteiger partial charge in [-0.05, 0) is 23.8 Å². The maximum atomic E-state index is 12.2. The smallest absolute Gasteiger partial charge is 0.279 e. The van der Waals surface area contributed by atoms with E-state index in [1.54, 1.807) is 18.2 Å². The summed E-state index contributed by atoms with van der Waals surface area (Å²) in [7, 11) is 1.74. The summed E-state index contributed by atoms with van der Waals surface area (Å²) < 4.78 is 0.973. The minimum Gasteiger partial charge on any atom is -0.309 e. The van der Waals surface area contributed by atoms with Crippen molar-refractivity contribution in [3.63, 3.8) is 0 Å². The van der Waals surface area contributed by atoms with Crippen LogP contribution >= 0.6 is 15.9 Å². The first-order valence-electron chi connectivity index (χ1n) is 6.41. The predicted octanol–water partition coefficient (Wildman–Crippen LogP) is 3.25. The first-order chi connectivity index (χ1) is 10.2. The van der Waals surface area contributed by atoms with E-state index in [1.165, 1.54) is 0 Å². The lowest BCUT2D eigenvalue weighted by Crippen LogP contribution is -2.25. The average Bonchev–Trinajstić information content (AvgIpc) is 2.73. The molecule has 1 aliphatic rings. The van der Waals surface area contributed by atoms with Crippen LogP contribution in [0.5, 0.6) is 0 Å². The molecule has 1 aliphatic heterocycles. The number of amides is 1. The summed E-state index contributed by atoms with van der Waals surface area (Å²) in [5.41, 5.74) is 2.97. The van der Waals surface area contributed by atoms with Crippen LogP contribution in [0.1, 0.15) is 11.1 Å². The number of benzene rings is 2. The zero-order valence-corrected chi connectivity index (χ0v) is 12.9. The Morgan fingerprint density at radius 1 is 1.14 bits per heavy atom. The fourth-order valence-corrected chi connectivity index (χ4v) is 2.60. The average molecular weight is 342 g/mol. The monoisotopic (exact) mass is 341 g/mol. The van der Waals surface area contributed by atoms with Crippen LogP contribution in [0.15, 0.2) is 63.2 Å². The topological polar surface area (TPSA) is 45.0 Å². The van der Waals surface area contributed by atoms with Crippen LogP contribution in [-0.4, -0.2) is 24.9 Å². The van der Waals surface area contributed by atoms with Crippen molar-refractivity contribution in [1.29, 1.82) is 0 Å². The van der Waals surface area contributed by atoms with Crippen LogP contribution in [0, 0.1) is 0 Å². The highest BCUT2D eigenvalue weighted by Crippen LogP contribution is 2.27. The second kappa shape index (κ2) is 5.61. The Morgan fingerprint density at radius 3 is 2.76 bits per heavy atom. The van der Waals surface area contributed by atoms with Crippen LogP contribution < -0.4 is 4.90 Å². The molecule has 0 N–H and O–H groups in total. The number of carbonyl (C=O) groups is 1. The molecule has 0 spiro atoms. The quantitative estimate of drug-likeness (QED) is 0.610. The number of likely N-dealkylation sites (N-methyl/N-ethyl adjacent to an activating group) is 1. The van der Waals surface area contributed by atoms with E-state index in [0.717, 1.165) is 21.3 Å². The Labute approximate surface area is 130 Å². The number of rotatable bonds is 2. The Hall–Kier alpha value is -2.27. The Kier molecular flexibility index (Phi) is 3.66. The van der Waals surface area contributed by atoms with Gasteiger partial charge in [0, 0.05) is 17.1 Å². The van der Waals surface area contributed by atoms with Crippen molar-refractivity contribution >= 4 is 39.5 Å². The van der Waals surface area contributed by atoms with Crippen molar-refractivity contribution in [2.75, 3.05) is 11.9 Å². The number of halogens is 1. The molecule has 0 unspecified atom stereocenters. The number of para-hydroxylation sites is 1. The van der Waals surface area contributed by atoms with Gasteiger partial charge >= 0.3 is 0 Å². The number of hydrogen-bond acceptors (Lipinski definition) is 3. The predicted molar refractivity (Wildman–Crippen MR) is 88.1 cm³/mol. The van der Waals surface area contributed by atoms with Crippen LogP contribution in [-0.2, 0) is 4.79 Å². The molecule has 1 heterocycles. The minimum absolute atomic E-state index is 0.136. The molecule has 0 bridgehead atoms. The largest absolute Gasteiger partial charge is 0.309 e. The van der Waals surface area contributed by atoms with Gasteiger partial charge in [-0.3, -0.25) is 4.79 Å². The summed E-state index contributed by atoms with van der Waals surface area (Å²) in [6.45, 7) is 0. The zero-order valence-electron chi connectivity index (χ0n) is 11.3. The summed E-state index contributed by atoms with van der Waals surface area (Å²) in [5.74, 6) is -0.136. The van der Waals surface area contributed by atoms with Gasteiger partial charge in [0.05, 0.1) is 11.9 Å². The van der Waals surface area contributed by atoms with Crippen molar-refractivity contribution in [2.24, 2.45) is 10.2 Å². The van der Waals surface area contributed by atoms with Crippen molar-refractivity contribution < 1.29 is 4.79 Å². The van der Waals surface area contributed by atoms with Crippen molar-refractivity contribution in [1.82, 2.24) is 0 Å². The second-order valence-corrected chi connectivity index (χ2v) is 5.55. The highest BCUT2D eigenvalue weighted by Gasteiger charge is 2.30. The second-order valence-electron chi connectivity index (χ2n) is 4.63. The maximum Gasteiger partial charge on any atom is 0.279 e. The lowest BCUT2D eigenvalue weighted by atomic mass is 10.1. The van der Waals surface area contributed by atoms with Crippen molar-refractivity contribution in [3.05, 3.63) is 64.1 Å². The highest BCUT2D eigenvalue weighted by atomic mass is 79.9. The molecule has 0 aliphatic carbocycles. The SMILES string of the molecule is CN1C(=O)/C(=N/N=C\c2cccc(Br)c2)c2ccccc21. The summed E-state index contributed by atoms with van der Waals surface area (Å²) in [5, 5.41) is 8.14. The minimum atomic E-state index is -0.136. The molecule has 0 aromatic heterocycles. The van der Waals surface area contributed by atoms with E-state index in [1.807, 2.05) is 48.5 Å². The number of fused-ring (bicyclic) bond motifs is 1. The molecule has 2 aromatic rings. The lowest BCUT2D eigenvalue weighted by Gasteiger charge is -2.07. The molecule has 2 aromatic carbocycles. The zero-order chi connectivity index (χ0) is 14.8. The number of anilines is 1. The van der Waals surface area contributed by atoms with E-state index >= 15 is 0 Å². The molecule has 4 nitrogen and oxygen atoms in total. The lowest BCUT2D eigenvalue weighted by molar-refractivity contribution is -0.111. The highest BCUT2D eigenvalue weighted by molar-refractivity contribution is 9.10. The van der Waals surface area contributed by atoms with E-state index in [2.05, 4.69) is 26.1 Å². The molecule has 5 heteroatoms. The van der Waals surface area contributed by atoms with E-state index in [-0.39, 0.29) is 5.91 Å². The van der Waals surface area contributed by atoms with Crippen LogP contribution in [0.4, 0.5) is 5.69 Å². The van der Waals surface area contributed by atoms with Gasteiger partial charge in [0.2, 0.25) is 0 Å². The molecule has 0 saturated heterocycles. The maximum absolute atomic E-state index is 12.2. The van der Waals surface area contributed by atoms with Gasteiger partial charge in [-0.1, -0.05) is 46.3 Å². The fourth-order valence-electron chi connectivity index (χ4n) is 2.19. The molecule has 21 heavy (non-hydrogen) atoms. The van der Waals surface area contributed by atoms with Gasteiger partial charge in [0.25, 0.3) is 5.91 Å². The van der Waals surface area contributed by atoms with Gasteiger partial charge in [0.1, 0.15) is 0 Å². The third kappa shape index (κ3) is 2.64. The molecule has 0 fully saturated rings. The Morgan fingerprint density at radius 2 is 1.95 bits per heavy atom. The van der Waals surface area contributed by atoms with Crippen molar-refractivity contribution in [3.8, 4) is 0 Å².